The van der Waals surface area contributed by atoms with Crippen molar-refractivity contribution in [2.75, 3.05) is 11.9 Å². The Kier molecular flexibility index (Phi) is 5.26. The highest BCUT2D eigenvalue weighted by molar-refractivity contribution is 9.09. The van der Waals surface area contributed by atoms with Crippen LogP contribution < -0.4 is 0 Å². The second-order valence-electron chi connectivity index (χ2n) is 5.94. The summed E-state index contributed by atoms with van der Waals surface area (Å²) in [6.07, 6.45) is 8.79. The molecule has 0 aliphatic heterocycles. The van der Waals surface area contributed by atoms with Crippen molar-refractivity contribution in [3.8, 4) is 0 Å². The highest BCUT2D eigenvalue weighted by Crippen LogP contribution is 2.25. The number of nitrogens with zero attached hydrogens (tertiary/aromatic N) is 2. The minimum absolute atomic E-state index is 0.746. The lowest BCUT2D eigenvalue weighted by Gasteiger charge is -2.34. The van der Waals surface area contributed by atoms with Crippen molar-refractivity contribution in [3.63, 3.8) is 0 Å². The van der Waals surface area contributed by atoms with E-state index in [2.05, 4.69) is 50.1 Å². The van der Waals surface area contributed by atoms with Crippen LogP contribution in [0.2, 0.25) is 0 Å². The van der Waals surface area contributed by atoms with Gasteiger partial charge in [0, 0.05) is 36.0 Å². The number of alkyl halides is 1. The predicted molar refractivity (Wildman–Crippen MR) is 92.8 cm³/mol. The molecule has 1 aliphatic rings. The smallest absolute Gasteiger partial charge is 0.0746 e. The summed E-state index contributed by atoms with van der Waals surface area (Å²) in [5.41, 5.74) is 2.52. The zero-order valence-electron chi connectivity index (χ0n) is 12.5. The van der Waals surface area contributed by atoms with Crippen molar-refractivity contribution in [2.45, 2.75) is 44.7 Å². The zero-order chi connectivity index (χ0) is 14.5. The standard InChI is InChI=1S/C18H23BrN2/c19-11-13-21(17-9-2-1-3-10-17)14-16-7-4-6-15-8-5-12-20-18(15)16/h4-8,12,17H,1-3,9-11,13-14H2. The van der Waals surface area contributed by atoms with E-state index in [1.165, 1.54) is 43.1 Å². The molecule has 1 saturated carbocycles. The summed E-state index contributed by atoms with van der Waals surface area (Å²) in [5, 5.41) is 2.29. The minimum Gasteiger partial charge on any atom is -0.295 e. The third-order valence-electron chi connectivity index (χ3n) is 4.55. The van der Waals surface area contributed by atoms with Crippen LogP contribution >= 0.6 is 15.9 Å². The lowest BCUT2D eigenvalue weighted by atomic mass is 9.93. The van der Waals surface area contributed by atoms with Crippen LogP contribution in [0.4, 0.5) is 0 Å². The largest absolute Gasteiger partial charge is 0.295 e. The van der Waals surface area contributed by atoms with Crippen LogP contribution in [0.5, 0.6) is 0 Å². The Morgan fingerprint density at radius 2 is 1.90 bits per heavy atom. The molecule has 0 bridgehead atoms. The van der Waals surface area contributed by atoms with Crippen LogP contribution in [-0.2, 0) is 6.54 Å². The molecule has 1 heterocycles. The molecule has 21 heavy (non-hydrogen) atoms. The predicted octanol–water partition coefficient (Wildman–Crippen LogP) is 4.76. The third-order valence-corrected chi connectivity index (χ3v) is 4.91. The van der Waals surface area contributed by atoms with Crippen molar-refractivity contribution in [3.05, 3.63) is 42.1 Å². The highest BCUT2D eigenvalue weighted by atomic mass is 79.9. The van der Waals surface area contributed by atoms with Gasteiger partial charge in [-0.1, -0.05) is 59.5 Å². The summed E-state index contributed by atoms with van der Waals surface area (Å²) in [6.45, 7) is 2.14. The molecule has 2 nitrogen and oxygen atoms in total. The average molecular weight is 347 g/mol. The van der Waals surface area contributed by atoms with Gasteiger partial charge in [-0.3, -0.25) is 9.88 Å². The Hall–Kier alpha value is -0.930. The van der Waals surface area contributed by atoms with Gasteiger partial charge < -0.3 is 0 Å². The molecule has 1 aromatic carbocycles. The van der Waals surface area contributed by atoms with E-state index in [9.17, 15) is 0 Å². The molecule has 0 radical (unpaired) electrons. The number of fused-ring (bicyclic) bond motifs is 1. The Morgan fingerprint density at radius 1 is 1.10 bits per heavy atom. The first-order valence-electron chi connectivity index (χ1n) is 8.01. The normalized spacial score (nSPS) is 16.7. The molecule has 0 amide bonds. The lowest BCUT2D eigenvalue weighted by molar-refractivity contribution is 0.158. The second kappa shape index (κ2) is 7.37. The molecule has 1 fully saturated rings. The average Bonchev–Trinajstić information content (AvgIpc) is 2.55. The van der Waals surface area contributed by atoms with Gasteiger partial charge >= 0.3 is 0 Å². The van der Waals surface area contributed by atoms with Crippen LogP contribution in [0.1, 0.15) is 37.7 Å². The van der Waals surface area contributed by atoms with E-state index in [4.69, 9.17) is 0 Å². The molecule has 1 aliphatic carbocycles. The third kappa shape index (κ3) is 3.64. The van der Waals surface area contributed by atoms with Crippen LogP contribution in [0, 0.1) is 0 Å². The van der Waals surface area contributed by atoms with Crippen LogP contribution in [0.15, 0.2) is 36.5 Å². The Balaban J connectivity index is 1.83. The maximum Gasteiger partial charge on any atom is 0.0746 e. The van der Waals surface area contributed by atoms with Gasteiger partial charge in [0.15, 0.2) is 0 Å². The number of para-hydroxylation sites is 1. The molecule has 0 atom stereocenters. The number of hydrogen-bond donors (Lipinski definition) is 0. The van der Waals surface area contributed by atoms with Crippen molar-refractivity contribution in [1.82, 2.24) is 9.88 Å². The van der Waals surface area contributed by atoms with Crippen molar-refractivity contribution in [2.24, 2.45) is 0 Å². The molecule has 1 aromatic heterocycles. The number of pyridine rings is 1. The second-order valence-corrected chi connectivity index (χ2v) is 6.74. The molecular formula is C18H23BrN2. The van der Waals surface area contributed by atoms with E-state index in [1.807, 2.05) is 12.3 Å². The first-order chi connectivity index (χ1) is 10.4. The zero-order valence-corrected chi connectivity index (χ0v) is 14.1. The van der Waals surface area contributed by atoms with Gasteiger partial charge in [-0.15, -0.1) is 0 Å². The summed E-state index contributed by atoms with van der Waals surface area (Å²) in [7, 11) is 0. The van der Waals surface area contributed by atoms with Crippen molar-refractivity contribution < 1.29 is 0 Å². The van der Waals surface area contributed by atoms with Crippen LogP contribution in [0.25, 0.3) is 10.9 Å². The van der Waals surface area contributed by atoms with E-state index in [0.29, 0.717) is 0 Å². The molecule has 0 saturated heterocycles. The Labute approximate surface area is 135 Å². The molecule has 3 rings (SSSR count). The Bertz CT molecular complexity index is 573. The van der Waals surface area contributed by atoms with Gasteiger partial charge in [0.1, 0.15) is 0 Å². The quantitative estimate of drug-likeness (QED) is 0.725. The Morgan fingerprint density at radius 3 is 2.71 bits per heavy atom. The molecule has 0 spiro atoms. The maximum absolute atomic E-state index is 4.60. The van der Waals surface area contributed by atoms with Crippen molar-refractivity contribution >= 4 is 26.8 Å². The first-order valence-corrected chi connectivity index (χ1v) is 9.13. The van der Waals surface area contributed by atoms with Gasteiger partial charge in [0.05, 0.1) is 5.52 Å². The van der Waals surface area contributed by atoms with Gasteiger partial charge in [-0.25, -0.2) is 0 Å². The summed E-state index contributed by atoms with van der Waals surface area (Å²) in [4.78, 5) is 7.25. The highest BCUT2D eigenvalue weighted by Gasteiger charge is 2.21. The van der Waals surface area contributed by atoms with E-state index >= 15 is 0 Å². The summed E-state index contributed by atoms with van der Waals surface area (Å²) in [6, 6.07) is 11.5. The number of benzene rings is 1. The van der Waals surface area contributed by atoms with Crippen LogP contribution in [-0.4, -0.2) is 27.8 Å². The number of halogens is 1. The van der Waals surface area contributed by atoms with Gasteiger partial charge in [0.2, 0.25) is 0 Å². The number of hydrogen-bond acceptors (Lipinski definition) is 2. The lowest BCUT2D eigenvalue weighted by Crippen LogP contribution is -2.37. The molecule has 0 unspecified atom stereocenters. The molecule has 2 aromatic rings. The van der Waals surface area contributed by atoms with E-state index in [1.54, 1.807) is 0 Å². The van der Waals surface area contributed by atoms with Crippen LogP contribution in [0.3, 0.4) is 0 Å². The monoisotopic (exact) mass is 346 g/mol. The van der Waals surface area contributed by atoms with Gasteiger partial charge in [-0.2, -0.15) is 0 Å². The fraction of sp³-hybridized carbons (Fsp3) is 0.500. The molecule has 0 N–H and O–H groups in total. The summed E-state index contributed by atoms with van der Waals surface area (Å²) in [5.74, 6) is 0. The molecule has 3 heteroatoms. The van der Waals surface area contributed by atoms with Gasteiger partial charge in [0.25, 0.3) is 0 Å². The van der Waals surface area contributed by atoms with Gasteiger partial charge in [-0.05, 0) is 24.5 Å². The first kappa shape index (κ1) is 15.0. The SMILES string of the molecule is BrCCN(Cc1cccc2cccnc12)C1CCCCC1. The fourth-order valence-electron chi connectivity index (χ4n) is 3.46. The number of rotatable bonds is 5. The van der Waals surface area contributed by atoms with Crippen molar-refractivity contribution in [1.29, 1.82) is 0 Å². The van der Waals surface area contributed by atoms with E-state index < -0.39 is 0 Å². The van der Waals surface area contributed by atoms with E-state index in [-0.39, 0.29) is 0 Å². The summed E-state index contributed by atoms with van der Waals surface area (Å²) >= 11 is 3.62. The summed E-state index contributed by atoms with van der Waals surface area (Å²) < 4.78 is 0. The molecular weight excluding hydrogens is 324 g/mol. The minimum atomic E-state index is 0.746. The molecule has 112 valence electrons. The number of aromatic nitrogens is 1. The topological polar surface area (TPSA) is 16.1 Å². The maximum atomic E-state index is 4.60. The van der Waals surface area contributed by atoms with E-state index in [0.717, 1.165) is 30.0 Å². The fourth-order valence-corrected chi connectivity index (χ4v) is 3.91.